The summed E-state index contributed by atoms with van der Waals surface area (Å²) in [4.78, 5) is 117. The van der Waals surface area contributed by atoms with E-state index in [1.54, 1.807) is 19.0 Å². The van der Waals surface area contributed by atoms with Crippen LogP contribution in [0.2, 0.25) is 0 Å². The molecular weight excluding hydrogens is 847 g/mol. The first-order chi connectivity index (χ1) is 31.2. The van der Waals surface area contributed by atoms with Crippen LogP contribution in [0, 0.1) is 11.8 Å². The van der Waals surface area contributed by atoms with Crippen LogP contribution in [0.5, 0.6) is 0 Å². The van der Waals surface area contributed by atoms with E-state index in [4.69, 9.17) is 9.47 Å². The third kappa shape index (κ3) is 14.7. The lowest BCUT2D eigenvalue weighted by molar-refractivity contribution is -0.168. The van der Waals surface area contributed by atoms with Crippen molar-refractivity contribution < 1.29 is 47.8 Å². The van der Waals surface area contributed by atoms with Crippen LogP contribution < -0.4 is 10.6 Å². The molecule has 366 valence electrons. The molecule has 0 bridgehead atoms. The Bertz CT molecular complexity index is 1900. The topological polar surface area (TPSA) is 195 Å². The Hall–Kier alpha value is -5.58. The summed E-state index contributed by atoms with van der Waals surface area (Å²) in [7, 11) is 7.72. The SMILES string of the molecule is C=C(/C=C\C)CC(C(=O)OC(C(=O)N1CCCC1C(=O)NCC(=O)N(C)C(CC(C)C)C(=O)NC(C)C(=O)N(C)C(Cc1ccccc1)C(=O)N1CCCC1C(=O)OC)C(C)CC)N(C)C. The number of hydrogen-bond acceptors (Lipinski definition) is 11. The second-order valence-corrected chi connectivity index (χ2v) is 18.2. The zero-order valence-corrected chi connectivity index (χ0v) is 41.0. The second-order valence-electron chi connectivity index (χ2n) is 18.2. The molecule has 2 heterocycles. The Morgan fingerprint density at radius 2 is 1.45 bits per heavy atom. The van der Waals surface area contributed by atoms with Crippen molar-refractivity contribution in [2.24, 2.45) is 11.8 Å². The number of rotatable bonds is 23. The minimum absolute atomic E-state index is 0.0546. The lowest BCUT2D eigenvalue weighted by atomic mass is 9.99. The van der Waals surface area contributed by atoms with Crippen LogP contribution in [0.1, 0.15) is 92.1 Å². The predicted octanol–water partition coefficient (Wildman–Crippen LogP) is 3.12. The average Bonchev–Trinajstić information content (AvgIpc) is 4.00. The molecule has 1 aromatic rings. The number of allylic oxidation sites excluding steroid dienone is 2. The molecule has 0 spiro atoms. The second kappa shape index (κ2) is 25.9. The highest BCUT2D eigenvalue weighted by Gasteiger charge is 2.43. The van der Waals surface area contributed by atoms with Crippen molar-refractivity contribution in [2.45, 2.75) is 135 Å². The van der Waals surface area contributed by atoms with E-state index < -0.39 is 96.3 Å². The number of nitrogens with zero attached hydrogens (tertiary/aromatic N) is 5. The quantitative estimate of drug-likeness (QED) is 0.121. The molecule has 2 saturated heterocycles. The number of likely N-dealkylation sites (N-methyl/N-ethyl adjacent to an activating group) is 3. The molecule has 8 unspecified atom stereocenters. The Morgan fingerprint density at radius 1 is 0.848 bits per heavy atom. The van der Waals surface area contributed by atoms with Gasteiger partial charge in [0.25, 0.3) is 5.91 Å². The van der Waals surface area contributed by atoms with E-state index in [0.717, 1.165) is 11.1 Å². The lowest BCUT2D eigenvalue weighted by Crippen LogP contribution is -2.58. The Labute approximate surface area is 391 Å². The van der Waals surface area contributed by atoms with Crippen LogP contribution in [0.3, 0.4) is 0 Å². The highest BCUT2D eigenvalue weighted by atomic mass is 16.6. The first kappa shape index (κ1) is 54.8. The van der Waals surface area contributed by atoms with Gasteiger partial charge in [-0.15, -0.1) is 0 Å². The van der Waals surface area contributed by atoms with Crippen LogP contribution in [0.25, 0.3) is 0 Å². The standard InChI is InChI=1S/C49H75N7O10/c1-13-20-32(5)28-40(52(8)9)49(64)66-42(33(6)14-2)47(62)55-25-18-23-36(55)43(58)50-30-41(57)53(10)38(27-31(3)4)44(59)51-34(7)45(60)54(11)39(29-35-21-16-15-17-22-35)46(61)56-26-19-24-37(56)48(63)65-12/h13,15-17,20-22,31,33-34,36-40,42H,5,14,18-19,23-30H2,1-4,6-12H3,(H,50,58)(H,51,59)/b20-13-. The number of likely N-dealkylation sites (tertiary alicyclic amines) is 2. The first-order valence-electron chi connectivity index (χ1n) is 23.2. The predicted molar refractivity (Wildman–Crippen MR) is 250 cm³/mol. The lowest BCUT2D eigenvalue weighted by Gasteiger charge is -2.35. The van der Waals surface area contributed by atoms with Crippen LogP contribution in [-0.4, -0.2) is 169 Å². The van der Waals surface area contributed by atoms with E-state index in [-0.39, 0.29) is 31.2 Å². The molecular formula is C49H75N7O10. The van der Waals surface area contributed by atoms with Gasteiger partial charge in [0.1, 0.15) is 36.3 Å². The molecule has 8 atom stereocenters. The fraction of sp³-hybridized carbons (Fsp3) is 0.633. The van der Waals surface area contributed by atoms with E-state index in [0.29, 0.717) is 45.1 Å². The highest BCUT2D eigenvalue weighted by Crippen LogP contribution is 2.26. The fourth-order valence-electron chi connectivity index (χ4n) is 8.45. The van der Waals surface area contributed by atoms with Crippen LogP contribution in [0.4, 0.5) is 0 Å². The summed E-state index contributed by atoms with van der Waals surface area (Å²) < 4.78 is 10.9. The van der Waals surface area contributed by atoms with Gasteiger partial charge in [-0.2, -0.15) is 0 Å². The normalized spacial score (nSPS) is 18.8. The van der Waals surface area contributed by atoms with E-state index in [1.807, 2.05) is 77.1 Å². The van der Waals surface area contributed by atoms with Gasteiger partial charge in [0.05, 0.1) is 13.7 Å². The summed E-state index contributed by atoms with van der Waals surface area (Å²) >= 11 is 0. The summed E-state index contributed by atoms with van der Waals surface area (Å²) in [5.74, 6) is -4.67. The molecule has 0 aromatic heterocycles. The number of ether oxygens (including phenoxy) is 2. The Balaban J connectivity index is 1.72. The van der Waals surface area contributed by atoms with Crippen LogP contribution >= 0.6 is 0 Å². The summed E-state index contributed by atoms with van der Waals surface area (Å²) in [5, 5.41) is 5.43. The van der Waals surface area contributed by atoms with Gasteiger partial charge in [-0.1, -0.05) is 82.3 Å². The van der Waals surface area contributed by atoms with Crippen molar-refractivity contribution in [2.75, 3.05) is 54.9 Å². The van der Waals surface area contributed by atoms with Crippen molar-refractivity contribution in [3.05, 3.63) is 60.2 Å². The van der Waals surface area contributed by atoms with E-state index >= 15 is 0 Å². The molecule has 2 N–H and O–H groups in total. The van der Waals surface area contributed by atoms with Gasteiger partial charge in [0, 0.05) is 39.5 Å². The smallest absolute Gasteiger partial charge is 0.328 e. The van der Waals surface area contributed by atoms with Gasteiger partial charge >= 0.3 is 11.9 Å². The van der Waals surface area contributed by atoms with Crippen molar-refractivity contribution in [1.82, 2.24) is 35.1 Å². The number of carbonyl (C=O) groups excluding carboxylic acids is 8. The maximum atomic E-state index is 14.1. The molecule has 17 heteroatoms. The van der Waals surface area contributed by atoms with Gasteiger partial charge in [-0.05, 0) is 84.4 Å². The largest absolute Gasteiger partial charge is 0.467 e. The van der Waals surface area contributed by atoms with Crippen molar-refractivity contribution in [3.63, 3.8) is 0 Å². The van der Waals surface area contributed by atoms with E-state index in [9.17, 15) is 38.4 Å². The van der Waals surface area contributed by atoms with Crippen molar-refractivity contribution in [1.29, 1.82) is 0 Å². The monoisotopic (exact) mass is 922 g/mol. The average molecular weight is 922 g/mol. The van der Waals surface area contributed by atoms with Gasteiger partial charge in [-0.25, -0.2) is 4.79 Å². The molecule has 17 nitrogen and oxygen atoms in total. The van der Waals surface area contributed by atoms with Crippen LogP contribution in [-0.2, 0) is 54.3 Å². The molecule has 0 saturated carbocycles. The molecule has 2 aliphatic rings. The van der Waals surface area contributed by atoms with Crippen LogP contribution in [0.15, 0.2) is 54.6 Å². The molecule has 66 heavy (non-hydrogen) atoms. The Kier molecular flexibility index (Phi) is 21.5. The zero-order valence-electron chi connectivity index (χ0n) is 41.0. The summed E-state index contributed by atoms with van der Waals surface area (Å²) in [6.45, 7) is 15.0. The third-order valence-corrected chi connectivity index (χ3v) is 12.6. The fourth-order valence-corrected chi connectivity index (χ4v) is 8.45. The summed E-state index contributed by atoms with van der Waals surface area (Å²) in [6, 6.07) is 3.69. The minimum atomic E-state index is -1.13. The molecule has 1 aromatic carbocycles. The molecule has 0 radical (unpaired) electrons. The van der Waals surface area contributed by atoms with Gasteiger partial charge in [0.2, 0.25) is 29.5 Å². The minimum Gasteiger partial charge on any atom is -0.467 e. The number of nitrogens with one attached hydrogen (secondary N) is 2. The number of carbonyl (C=O) groups is 8. The number of methoxy groups -OCH3 is 1. The van der Waals surface area contributed by atoms with Gasteiger partial charge in [0.15, 0.2) is 6.10 Å². The van der Waals surface area contributed by atoms with Gasteiger partial charge in [-0.3, -0.25) is 38.5 Å². The molecule has 2 aliphatic heterocycles. The number of amides is 6. The van der Waals surface area contributed by atoms with Crippen molar-refractivity contribution >= 4 is 47.4 Å². The molecule has 6 amide bonds. The molecule has 0 aliphatic carbocycles. The zero-order chi connectivity index (χ0) is 49.4. The number of benzene rings is 1. The highest BCUT2D eigenvalue weighted by molar-refractivity contribution is 5.96. The molecule has 2 fully saturated rings. The third-order valence-electron chi connectivity index (χ3n) is 12.6. The Morgan fingerprint density at radius 3 is 2.02 bits per heavy atom. The van der Waals surface area contributed by atoms with E-state index in [2.05, 4.69) is 17.2 Å². The van der Waals surface area contributed by atoms with Gasteiger partial charge < -0.3 is 39.7 Å². The number of esters is 2. The molecule has 3 rings (SSSR count). The van der Waals surface area contributed by atoms with Crippen molar-refractivity contribution in [3.8, 4) is 0 Å². The summed E-state index contributed by atoms with van der Waals surface area (Å²) in [6.07, 6.45) is 5.66. The first-order valence-corrected chi connectivity index (χ1v) is 23.2. The summed E-state index contributed by atoms with van der Waals surface area (Å²) in [5.41, 5.74) is 1.53. The maximum Gasteiger partial charge on any atom is 0.328 e. The maximum absolute atomic E-state index is 14.1. The van der Waals surface area contributed by atoms with E-state index in [1.165, 1.54) is 47.7 Å². The number of hydrogen-bond donors (Lipinski definition) is 2.